The molecule has 0 aliphatic carbocycles. The third-order valence-corrected chi connectivity index (χ3v) is 3.75. The van der Waals surface area contributed by atoms with Crippen molar-refractivity contribution < 1.29 is 37.3 Å². The van der Waals surface area contributed by atoms with E-state index in [0.29, 0.717) is 0 Å². The van der Waals surface area contributed by atoms with Crippen molar-refractivity contribution in [3.8, 4) is 17.2 Å². The summed E-state index contributed by atoms with van der Waals surface area (Å²) in [5.41, 5.74) is -0.886. The lowest BCUT2D eigenvalue weighted by Crippen LogP contribution is -2.59. The number of halogens is 3. The lowest BCUT2D eigenvalue weighted by molar-refractivity contribution is -0.304. The van der Waals surface area contributed by atoms with Crippen LogP contribution in [0.4, 0.5) is 13.2 Å². The predicted octanol–water partition coefficient (Wildman–Crippen LogP) is 3.89. The Bertz CT molecular complexity index is 875. The van der Waals surface area contributed by atoms with Crippen molar-refractivity contribution in [2.75, 3.05) is 7.11 Å². The smallest absolute Gasteiger partial charge is 0.473 e. The van der Waals surface area contributed by atoms with Crippen molar-refractivity contribution in [3.05, 3.63) is 59.7 Å². The lowest BCUT2D eigenvalue weighted by Gasteiger charge is -2.38. The summed E-state index contributed by atoms with van der Waals surface area (Å²) in [6, 6.07) is 11.4. The average Bonchev–Trinajstić information content (AvgIpc) is 2.60. The van der Waals surface area contributed by atoms with Gasteiger partial charge in [0.1, 0.15) is 11.3 Å². The summed E-state index contributed by atoms with van der Waals surface area (Å²) in [5, 5.41) is 9.41. The van der Waals surface area contributed by atoms with E-state index in [1.807, 2.05) is 0 Å². The number of hydrogen-bond donors (Lipinski definition) is 1. The fourth-order valence-corrected chi connectivity index (χ4v) is 2.56. The van der Waals surface area contributed by atoms with Crippen molar-refractivity contribution in [2.45, 2.75) is 12.0 Å². The highest BCUT2D eigenvalue weighted by Crippen LogP contribution is 2.47. The molecule has 1 N–H and O–H groups in total. The van der Waals surface area contributed by atoms with Gasteiger partial charge in [-0.25, -0.2) is 4.79 Å². The molecule has 0 amide bonds. The Labute approximate surface area is 146 Å². The van der Waals surface area contributed by atoms with Crippen LogP contribution in [-0.2, 0) is 4.79 Å². The van der Waals surface area contributed by atoms with Crippen LogP contribution in [0.15, 0.2) is 54.1 Å². The maximum atomic E-state index is 14.0. The zero-order valence-electron chi connectivity index (χ0n) is 13.4. The van der Waals surface area contributed by atoms with Crippen LogP contribution in [0, 0.1) is 0 Å². The van der Waals surface area contributed by atoms with Gasteiger partial charge < -0.3 is 19.3 Å². The molecule has 0 aromatic heterocycles. The van der Waals surface area contributed by atoms with E-state index in [1.54, 1.807) is 6.07 Å². The number of alkyl halides is 3. The molecule has 3 rings (SSSR count). The largest absolute Gasteiger partial charge is 0.493 e. The predicted molar refractivity (Wildman–Crippen MR) is 85.1 cm³/mol. The van der Waals surface area contributed by atoms with Crippen LogP contribution < -0.4 is 14.2 Å². The van der Waals surface area contributed by atoms with Gasteiger partial charge in [-0.05, 0) is 24.3 Å². The molecule has 1 atom stereocenters. The number of carbonyl (C=O) groups is 1. The molecule has 0 saturated carbocycles. The molecular formula is C18H13F3O5. The van der Waals surface area contributed by atoms with Crippen molar-refractivity contribution in [3.63, 3.8) is 0 Å². The van der Waals surface area contributed by atoms with Gasteiger partial charge in [-0.2, -0.15) is 13.2 Å². The Balaban J connectivity index is 2.21. The van der Waals surface area contributed by atoms with Gasteiger partial charge in [0.25, 0.3) is 0 Å². The van der Waals surface area contributed by atoms with E-state index in [1.165, 1.54) is 49.6 Å². The van der Waals surface area contributed by atoms with Gasteiger partial charge in [-0.3, -0.25) is 0 Å². The molecular weight excluding hydrogens is 353 g/mol. The molecule has 8 heteroatoms. The fraction of sp³-hybridized carbons (Fsp3) is 0.167. The molecule has 1 heterocycles. The first-order valence-electron chi connectivity index (χ1n) is 7.41. The number of benzene rings is 2. The number of carboxylic acids is 1. The van der Waals surface area contributed by atoms with Crippen molar-refractivity contribution in [1.82, 2.24) is 0 Å². The van der Waals surface area contributed by atoms with E-state index in [-0.39, 0.29) is 22.8 Å². The Morgan fingerprint density at radius 2 is 1.69 bits per heavy atom. The number of hydrogen-bond acceptors (Lipinski definition) is 4. The normalized spacial score (nSPS) is 19.0. The summed E-state index contributed by atoms with van der Waals surface area (Å²) in [5.74, 6) is -5.79. The van der Waals surface area contributed by atoms with Crippen LogP contribution in [0.2, 0.25) is 0 Å². The number of aliphatic carboxylic acids is 1. The summed E-state index contributed by atoms with van der Waals surface area (Å²) in [6.45, 7) is 0. The van der Waals surface area contributed by atoms with Gasteiger partial charge in [0.2, 0.25) is 0 Å². The van der Waals surface area contributed by atoms with Gasteiger partial charge >= 0.3 is 17.9 Å². The number of para-hydroxylation sites is 3. The first-order chi connectivity index (χ1) is 12.3. The summed E-state index contributed by atoms with van der Waals surface area (Å²) in [7, 11) is 1.26. The quantitative estimate of drug-likeness (QED) is 0.889. The number of methoxy groups -OCH3 is 1. The van der Waals surface area contributed by atoms with E-state index >= 15 is 0 Å². The van der Waals surface area contributed by atoms with Gasteiger partial charge in [0.05, 0.1) is 7.11 Å². The average molecular weight is 366 g/mol. The molecule has 1 aliphatic rings. The van der Waals surface area contributed by atoms with E-state index in [9.17, 15) is 23.1 Å². The Morgan fingerprint density at radius 1 is 1.08 bits per heavy atom. The molecule has 1 aliphatic heterocycles. The second-order valence-corrected chi connectivity index (χ2v) is 5.37. The first-order valence-corrected chi connectivity index (χ1v) is 7.41. The minimum atomic E-state index is -5.19. The lowest BCUT2D eigenvalue weighted by atomic mass is 9.97. The molecule has 26 heavy (non-hydrogen) atoms. The summed E-state index contributed by atoms with van der Waals surface area (Å²) in [6.07, 6.45) is -4.30. The standard InChI is InChI=1S/C18H13F3O5/c1-24-14-8-4-5-9-15(14)26-17(18(19,20)21)12(16(22)23)10-11-6-2-3-7-13(11)25-17/h2-10H,1H3,(H,22,23). The van der Waals surface area contributed by atoms with E-state index in [2.05, 4.69) is 0 Å². The highest BCUT2D eigenvalue weighted by molar-refractivity contribution is 5.96. The zero-order valence-corrected chi connectivity index (χ0v) is 13.4. The summed E-state index contributed by atoms with van der Waals surface area (Å²) < 4.78 is 57.3. The van der Waals surface area contributed by atoms with Crippen LogP contribution in [0.5, 0.6) is 17.2 Å². The van der Waals surface area contributed by atoms with Gasteiger partial charge in [0.15, 0.2) is 11.5 Å². The third-order valence-electron chi connectivity index (χ3n) is 3.75. The van der Waals surface area contributed by atoms with E-state index in [0.717, 1.165) is 6.08 Å². The van der Waals surface area contributed by atoms with Gasteiger partial charge in [-0.15, -0.1) is 0 Å². The molecule has 0 radical (unpaired) electrons. The highest BCUT2D eigenvalue weighted by atomic mass is 19.4. The maximum absolute atomic E-state index is 14.0. The van der Waals surface area contributed by atoms with Crippen molar-refractivity contribution >= 4 is 12.0 Å². The topological polar surface area (TPSA) is 65.0 Å². The van der Waals surface area contributed by atoms with Crippen molar-refractivity contribution in [1.29, 1.82) is 0 Å². The van der Waals surface area contributed by atoms with Crippen LogP contribution >= 0.6 is 0 Å². The van der Waals surface area contributed by atoms with Gasteiger partial charge in [-0.1, -0.05) is 30.3 Å². The monoisotopic (exact) mass is 366 g/mol. The first kappa shape index (κ1) is 17.7. The minimum Gasteiger partial charge on any atom is -0.493 e. The third kappa shape index (κ3) is 2.83. The second-order valence-electron chi connectivity index (χ2n) is 5.37. The molecule has 2 aromatic rings. The molecule has 0 fully saturated rings. The SMILES string of the molecule is COc1ccccc1OC1(C(F)(F)F)Oc2ccccc2C=C1C(=O)O. The Hall–Kier alpha value is -3.16. The van der Waals surface area contributed by atoms with Crippen LogP contribution in [0.1, 0.15) is 5.56 Å². The van der Waals surface area contributed by atoms with Crippen molar-refractivity contribution in [2.24, 2.45) is 0 Å². The molecule has 136 valence electrons. The maximum Gasteiger partial charge on any atom is 0.473 e. The molecule has 1 unspecified atom stereocenters. The molecule has 0 spiro atoms. The second kappa shape index (κ2) is 6.29. The highest BCUT2D eigenvalue weighted by Gasteiger charge is 2.66. The van der Waals surface area contributed by atoms with E-state index < -0.39 is 23.5 Å². The number of fused-ring (bicyclic) bond motifs is 1. The number of carboxylic acid groups (broad SMARTS) is 1. The fourth-order valence-electron chi connectivity index (χ4n) is 2.56. The van der Waals surface area contributed by atoms with Crippen LogP contribution in [-0.4, -0.2) is 30.1 Å². The van der Waals surface area contributed by atoms with Crippen LogP contribution in [0.25, 0.3) is 6.08 Å². The summed E-state index contributed by atoms with van der Waals surface area (Å²) >= 11 is 0. The molecule has 5 nitrogen and oxygen atoms in total. The Kier molecular flexibility index (Phi) is 4.27. The minimum absolute atomic E-state index is 0.00308. The molecule has 0 saturated heterocycles. The number of ether oxygens (including phenoxy) is 3. The Morgan fingerprint density at radius 3 is 2.31 bits per heavy atom. The number of rotatable bonds is 4. The van der Waals surface area contributed by atoms with Gasteiger partial charge in [0, 0.05) is 5.56 Å². The molecule has 0 bridgehead atoms. The molecule has 2 aromatic carbocycles. The zero-order chi connectivity index (χ0) is 18.9. The van der Waals surface area contributed by atoms with E-state index in [4.69, 9.17) is 14.2 Å². The van der Waals surface area contributed by atoms with Crippen LogP contribution in [0.3, 0.4) is 0 Å². The summed E-state index contributed by atoms with van der Waals surface area (Å²) in [4.78, 5) is 11.6.